The average Bonchev–Trinajstić information content (AvgIpc) is 2.45. The van der Waals surface area contributed by atoms with Gasteiger partial charge in [-0.25, -0.2) is 9.97 Å². The minimum absolute atomic E-state index is 0.144. The fourth-order valence-corrected chi connectivity index (χ4v) is 1.89. The molecule has 0 unspecified atom stereocenters. The lowest BCUT2D eigenvalue weighted by molar-refractivity contribution is 0.461. The van der Waals surface area contributed by atoms with E-state index in [1.165, 1.54) is 11.9 Å². The van der Waals surface area contributed by atoms with Crippen molar-refractivity contribution in [3.63, 3.8) is 0 Å². The molecule has 2 rings (SSSR count). The summed E-state index contributed by atoms with van der Waals surface area (Å²) in [5, 5.41) is 3.22. The number of anilines is 1. The molecule has 0 atom stereocenters. The lowest BCUT2D eigenvalue weighted by Gasteiger charge is -2.19. The molecule has 1 N–H and O–H groups in total. The Bertz CT molecular complexity index is 573. The van der Waals surface area contributed by atoms with Gasteiger partial charge in [-0.2, -0.15) is 0 Å². The molecule has 0 fully saturated rings. The highest BCUT2D eigenvalue weighted by Crippen LogP contribution is 2.26. The lowest BCUT2D eigenvalue weighted by Crippen LogP contribution is -2.10. The summed E-state index contributed by atoms with van der Waals surface area (Å²) in [4.78, 5) is 8.30. The SMILES string of the molecule is CCCNc1cc(Oc2ccc(C(C)(C)C)cc2)ncn1. The monoisotopic (exact) mass is 285 g/mol. The molecular formula is C17H23N3O. The number of hydrogen-bond acceptors (Lipinski definition) is 4. The summed E-state index contributed by atoms with van der Waals surface area (Å²) in [6.07, 6.45) is 2.56. The van der Waals surface area contributed by atoms with Crippen LogP contribution in [-0.4, -0.2) is 16.5 Å². The van der Waals surface area contributed by atoms with Crippen molar-refractivity contribution in [3.05, 3.63) is 42.2 Å². The Kier molecular flexibility index (Phi) is 4.78. The molecule has 0 spiro atoms. The number of ether oxygens (including phenoxy) is 1. The first-order valence-corrected chi connectivity index (χ1v) is 7.33. The van der Waals surface area contributed by atoms with Gasteiger partial charge in [-0.15, -0.1) is 0 Å². The molecule has 112 valence electrons. The topological polar surface area (TPSA) is 47.0 Å². The highest BCUT2D eigenvalue weighted by Gasteiger charge is 2.13. The summed E-state index contributed by atoms with van der Waals surface area (Å²) in [6.45, 7) is 9.58. The van der Waals surface area contributed by atoms with E-state index in [1.54, 1.807) is 0 Å². The summed E-state index contributed by atoms with van der Waals surface area (Å²) >= 11 is 0. The Balaban J connectivity index is 2.07. The van der Waals surface area contributed by atoms with Crippen molar-refractivity contribution >= 4 is 5.82 Å². The van der Waals surface area contributed by atoms with Crippen LogP contribution in [0.25, 0.3) is 0 Å². The fourth-order valence-electron chi connectivity index (χ4n) is 1.89. The third-order valence-corrected chi connectivity index (χ3v) is 3.14. The van der Waals surface area contributed by atoms with E-state index in [2.05, 4.69) is 55.1 Å². The van der Waals surface area contributed by atoms with E-state index >= 15 is 0 Å². The molecule has 0 aliphatic rings. The van der Waals surface area contributed by atoms with Crippen LogP contribution in [0.1, 0.15) is 39.7 Å². The predicted molar refractivity (Wildman–Crippen MR) is 86.0 cm³/mol. The summed E-state index contributed by atoms with van der Waals surface area (Å²) in [6, 6.07) is 9.94. The molecule has 1 heterocycles. The zero-order valence-corrected chi connectivity index (χ0v) is 13.2. The van der Waals surface area contributed by atoms with Crippen molar-refractivity contribution in [2.45, 2.75) is 39.5 Å². The molecule has 0 bridgehead atoms. The van der Waals surface area contributed by atoms with Gasteiger partial charge in [-0.3, -0.25) is 0 Å². The van der Waals surface area contributed by atoms with Crippen LogP contribution in [0.3, 0.4) is 0 Å². The van der Waals surface area contributed by atoms with Gasteiger partial charge in [-0.1, -0.05) is 39.8 Å². The standard InChI is InChI=1S/C17H23N3O/c1-5-10-18-15-11-16(20-12-19-15)21-14-8-6-13(7-9-14)17(2,3)4/h6-9,11-12H,5,10H2,1-4H3,(H,18,19,20). The summed E-state index contributed by atoms with van der Waals surface area (Å²) in [5.41, 5.74) is 1.42. The van der Waals surface area contributed by atoms with E-state index in [-0.39, 0.29) is 5.41 Å². The molecule has 0 saturated heterocycles. The molecule has 0 amide bonds. The number of benzene rings is 1. The van der Waals surface area contributed by atoms with E-state index < -0.39 is 0 Å². The van der Waals surface area contributed by atoms with Gasteiger partial charge in [0.25, 0.3) is 0 Å². The van der Waals surface area contributed by atoms with E-state index in [4.69, 9.17) is 4.74 Å². The molecular weight excluding hydrogens is 262 g/mol. The maximum Gasteiger partial charge on any atom is 0.224 e. The van der Waals surface area contributed by atoms with Crippen LogP contribution < -0.4 is 10.1 Å². The molecule has 4 nitrogen and oxygen atoms in total. The van der Waals surface area contributed by atoms with Gasteiger partial charge in [0.2, 0.25) is 5.88 Å². The van der Waals surface area contributed by atoms with Crippen LogP contribution in [0.4, 0.5) is 5.82 Å². The van der Waals surface area contributed by atoms with Gasteiger partial charge in [0.1, 0.15) is 17.9 Å². The van der Waals surface area contributed by atoms with Crippen LogP contribution >= 0.6 is 0 Å². The number of nitrogens with one attached hydrogen (secondary N) is 1. The van der Waals surface area contributed by atoms with Crippen molar-refractivity contribution in [1.82, 2.24) is 9.97 Å². The zero-order valence-electron chi connectivity index (χ0n) is 13.2. The molecule has 0 radical (unpaired) electrons. The van der Waals surface area contributed by atoms with Crippen molar-refractivity contribution in [3.8, 4) is 11.6 Å². The predicted octanol–water partition coefficient (Wildman–Crippen LogP) is 4.39. The first-order chi connectivity index (χ1) is 9.99. The third-order valence-electron chi connectivity index (χ3n) is 3.14. The van der Waals surface area contributed by atoms with Gasteiger partial charge < -0.3 is 10.1 Å². The first-order valence-electron chi connectivity index (χ1n) is 7.33. The van der Waals surface area contributed by atoms with E-state index in [0.29, 0.717) is 5.88 Å². The fraction of sp³-hybridized carbons (Fsp3) is 0.412. The summed E-state index contributed by atoms with van der Waals surface area (Å²) < 4.78 is 5.78. The molecule has 4 heteroatoms. The van der Waals surface area contributed by atoms with Gasteiger partial charge in [0, 0.05) is 12.6 Å². The Labute approximate surface area is 126 Å². The highest BCUT2D eigenvalue weighted by molar-refractivity contribution is 5.39. The molecule has 1 aromatic carbocycles. The van der Waals surface area contributed by atoms with Crippen molar-refractivity contribution in [2.75, 3.05) is 11.9 Å². The van der Waals surface area contributed by atoms with Crippen LogP contribution in [0.5, 0.6) is 11.6 Å². The van der Waals surface area contributed by atoms with Crippen LogP contribution in [0.2, 0.25) is 0 Å². The first kappa shape index (κ1) is 15.3. The Morgan fingerprint density at radius 2 is 1.81 bits per heavy atom. The number of aromatic nitrogens is 2. The average molecular weight is 285 g/mol. The second kappa shape index (κ2) is 6.57. The Morgan fingerprint density at radius 3 is 2.43 bits per heavy atom. The van der Waals surface area contributed by atoms with Crippen LogP contribution in [0.15, 0.2) is 36.7 Å². The highest BCUT2D eigenvalue weighted by atomic mass is 16.5. The van der Waals surface area contributed by atoms with Crippen molar-refractivity contribution in [1.29, 1.82) is 0 Å². The van der Waals surface area contributed by atoms with Crippen LogP contribution in [0, 0.1) is 0 Å². The van der Waals surface area contributed by atoms with Crippen molar-refractivity contribution < 1.29 is 4.74 Å². The van der Waals surface area contributed by atoms with Gasteiger partial charge in [-0.05, 0) is 29.5 Å². The van der Waals surface area contributed by atoms with Gasteiger partial charge in [0.15, 0.2) is 0 Å². The minimum Gasteiger partial charge on any atom is -0.439 e. The molecule has 21 heavy (non-hydrogen) atoms. The number of rotatable bonds is 5. The van der Waals surface area contributed by atoms with Crippen molar-refractivity contribution in [2.24, 2.45) is 0 Å². The Hall–Kier alpha value is -2.10. The maximum atomic E-state index is 5.78. The van der Waals surface area contributed by atoms with E-state index in [0.717, 1.165) is 24.5 Å². The van der Waals surface area contributed by atoms with Gasteiger partial charge >= 0.3 is 0 Å². The molecule has 0 saturated carbocycles. The quantitative estimate of drug-likeness (QED) is 0.885. The largest absolute Gasteiger partial charge is 0.439 e. The lowest BCUT2D eigenvalue weighted by atomic mass is 9.87. The number of hydrogen-bond donors (Lipinski definition) is 1. The molecule has 1 aromatic heterocycles. The maximum absolute atomic E-state index is 5.78. The summed E-state index contributed by atoms with van der Waals surface area (Å²) in [5.74, 6) is 2.11. The summed E-state index contributed by atoms with van der Waals surface area (Å²) in [7, 11) is 0. The molecule has 0 aliphatic heterocycles. The normalized spacial score (nSPS) is 11.2. The van der Waals surface area contributed by atoms with E-state index in [9.17, 15) is 0 Å². The third kappa shape index (κ3) is 4.45. The second-order valence-corrected chi connectivity index (χ2v) is 6.04. The molecule has 2 aromatic rings. The smallest absolute Gasteiger partial charge is 0.224 e. The van der Waals surface area contributed by atoms with Gasteiger partial charge in [0.05, 0.1) is 0 Å². The molecule has 0 aliphatic carbocycles. The minimum atomic E-state index is 0.144. The second-order valence-electron chi connectivity index (χ2n) is 6.04. The zero-order chi connectivity index (χ0) is 15.3. The van der Waals surface area contributed by atoms with Crippen LogP contribution in [-0.2, 0) is 5.41 Å². The number of nitrogens with zero attached hydrogens (tertiary/aromatic N) is 2. The Morgan fingerprint density at radius 1 is 1.10 bits per heavy atom. The van der Waals surface area contributed by atoms with E-state index in [1.807, 2.05) is 18.2 Å².